The van der Waals surface area contributed by atoms with Crippen molar-refractivity contribution in [3.8, 4) is 0 Å². The summed E-state index contributed by atoms with van der Waals surface area (Å²) in [5.74, 6) is 0.819. The predicted molar refractivity (Wildman–Crippen MR) is 89.0 cm³/mol. The van der Waals surface area contributed by atoms with E-state index < -0.39 is 0 Å². The van der Waals surface area contributed by atoms with Crippen LogP contribution in [0.5, 0.6) is 0 Å². The molecule has 0 saturated carbocycles. The van der Waals surface area contributed by atoms with Gasteiger partial charge in [0.2, 0.25) is 0 Å². The van der Waals surface area contributed by atoms with Gasteiger partial charge >= 0.3 is 0 Å². The first kappa shape index (κ1) is 15.4. The highest BCUT2D eigenvalue weighted by molar-refractivity contribution is 9.10. The lowest BCUT2D eigenvalue weighted by Crippen LogP contribution is -2.09. The highest BCUT2D eigenvalue weighted by atomic mass is 79.9. The zero-order valence-corrected chi connectivity index (χ0v) is 13.9. The number of para-hydroxylation sites is 1. The molecule has 0 radical (unpaired) electrons. The normalized spacial score (nSPS) is 12.2. The van der Waals surface area contributed by atoms with Gasteiger partial charge in [-0.1, -0.05) is 41.1 Å². The maximum absolute atomic E-state index is 14.0. The molecule has 2 aromatic rings. The van der Waals surface area contributed by atoms with E-state index in [0.29, 0.717) is 5.56 Å². The summed E-state index contributed by atoms with van der Waals surface area (Å²) >= 11 is 5.06. The Hall–Kier alpha value is -1.00. The van der Waals surface area contributed by atoms with Crippen molar-refractivity contribution in [3.05, 3.63) is 58.3 Å². The van der Waals surface area contributed by atoms with Gasteiger partial charge in [-0.25, -0.2) is 4.39 Å². The molecule has 0 saturated heterocycles. The Morgan fingerprint density at radius 2 is 2.00 bits per heavy atom. The van der Waals surface area contributed by atoms with Gasteiger partial charge in [0.05, 0.1) is 6.04 Å². The summed E-state index contributed by atoms with van der Waals surface area (Å²) in [5, 5.41) is 3.40. The van der Waals surface area contributed by atoms with Gasteiger partial charge in [0.25, 0.3) is 0 Å². The molecule has 1 nitrogen and oxygen atoms in total. The van der Waals surface area contributed by atoms with Crippen molar-refractivity contribution >= 4 is 33.4 Å². The summed E-state index contributed by atoms with van der Waals surface area (Å²) in [4.78, 5) is 1.19. The lowest BCUT2D eigenvalue weighted by molar-refractivity contribution is 0.599. The van der Waals surface area contributed by atoms with Gasteiger partial charge in [0, 0.05) is 20.6 Å². The van der Waals surface area contributed by atoms with E-state index in [1.54, 1.807) is 11.8 Å². The molecular formula is C16H17BrFNS. The van der Waals surface area contributed by atoms with Crippen LogP contribution in [0.1, 0.15) is 25.5 Å². The van der Waals surface area contributed by atoms with Crippen molar-refractivity contribution in [1.82, 2.24) is 0 Å². The second-order valence-corrected chi connectivity index (χ2v) is 6.68. The smallest absolute Gasteiger partial charge is 0.129 e. The van der Waals surface area contributed by atoms with Gasteiger partial charge in [0.1, 0.15) is 5.82 Å². The second-order valence-electron chi connectivity index (χ2n) is 4.46. The van der Waals surface area contributed by atoms with E-state index in [2.05, 4.69) is 34.2 Å². The predicted octanol–water partition coefficient (Wildman–Crippen LogP) is 5.87. The SMILES string of the molecule is CCSc1ccccc1NC(C)c1ccc(Br)cc1F. The van der Waals surface area contributed by atoms with Crippen LogP contribution >= 0.6 is 27.7 Å². The van der Waals surface area contributed by atoms with Crippen LogP contribution in [0.2, 0.25) is 0 Å². The molecule has 20 heavy (non-hydrogen) atoms. The first-order valence-electron chi connectivity index (χ1n) is 6.55. The van der Waals surface area contributed by atoms with E-state index in [1.807, 2.05) is 37.3 Å². The molecule has 0 aromatic heterocycles. The maximum Gasteiger partial charge on any atom is 0.129 e. The Morgan fingerprint density at radius 1 is 1.25 bits per heavy atom. The molecule has 1 atom stereocenters. The molecule has 2 aromatic carbocycles. The molecule has 4 heteroatoms. The van der Waals surface area contributed by atoms with Gasteiger partial charge in [0.15, 0.2) is 0 Å². The number of rotatable bonds is 5. The van der Waals surface area contributed by atoms with Crippen LogP contribution in [0.3, 0.4) is 0 Å². The van der Waals surface area contributed by atoms with E-state index in [1.165, 1.54) is 11.0 Å². The molecule has 1 unspecified atom stereocenters. The van der Waals surface area contributed by atoms with Gasteiger partial charge in [-0.3, -0.25) is 0 Å². The minimum Gasteiger partial charge on any atom is -0.378 e. The first-order chi connectivity index (χ1) is 9.61. The van der Waals surface area contributed by atoms with Gasteiger partial charge in [-0.05, 0) is 36.9 Å². The summed E-state index contributed by atoms with van der Waals surface area (Å²) in [6.45, 7) is 4.10. The third kappa shape index (κ3) is 3.76. The van der Waals surface area contributed by atoms with E-state index in [4.69, 9.17) is 0 Å². The van der Waals surface area contributed by atoms with E-state index in [0.717, 1.165) is 15.9 Å². The molecular weight excluding hydrogens is 337 g/mol. The average Bonchev–Trinajstić information content (AvgIpc) is 2.41. The van der Waals surface area contributed by atoms with E-state index in [9.17, 15) is 4.39 Å². The summed E-state index contributed by atoms with van der Waals surface area (Å²) < 4.78 is 14.7. The Morgan fingerprint density at radius 3 is 2.70 bits per heavy atom. The van der Waals surface area contributed by atoms with Crippen LogP contribution in [0.25, 0.3) is 0 Å². The fourth-order valence-corrected chi connectivity index (χ4v) is 3.13. The lowest BCUT2D eigenvalue weighted by atomic mass is 10.1. The van der Waals surface area contributed by atoms with Gasteiger partial charge in [-0.2, -0.15) is 0 Å². The highest BCUT2D eigenvalue weighted by Crippen LogP contribution is 2.30. The lowest BCUT2D eigenvalue weighted by Gasteiger charge is -2.18. The van der Waals surface area contributed by atoms with Crippen LogP contribution in [-0.4, -0.2) is 5.75 Å². The molecule has 106 valence electrons. The van der Waals surface area contributed by atoms with Crippen molar-refractivity contribution in [2.24, 2.45) is 0 Å². The Balaban J connectivity index is 2.21. The molecule has 0 heterocycles. The zero-order valence-electron chi connectivity index (χ0n) is 11.5. The molecule has 0 spiro atoms. The minimum atomic E-state index is -0.194. The van der Waals surface area contributed by atoms with Crippen molar-refractivity contribution in [1.29, 1.82) is 0 Å². The maximum atomic E-state index is 14.0. The number of hydrogen-bond acceptors (Lipinski definition) is 2. The molecule has 0 fully saturated rings. The van der Waals surface area contributed by atoms with Crippen molar-refractivity contribution in [3.63, 3.8) is 0 Å². The topological polar surface area (TPSA) is 12.0 Å². The molecule has 0 aliphatic rings. The zero-order chi connectivity index (χ0) is 14.5. The number of benzene rings is 2. The van der Waals surface area contributed by atoms with E-state index in [-0.39, 0.29) is 11.9 Å². The third-order valence-corrected chi connectivity index (χ3v) is 4.44. The quantitative estimate of drug-likeness (QED) is 0.674. The minimum absolute atomic E-state index is 0.0818. The number of anilines is 1. The standard InChI is InChI=1S/C16H17BrFNS/c1-3-20-16-7-5-4-6-15(16)19-11(2)13-9-8-12(17)10-14(13)18/h4-11,19H,3H2,1-2H3. The molecule has 0 amide bonds. The highest BCUT2D eigenvalue weighted by Gasteiger charge is 2.12. The van der Waals surface area contributed by atoms with Crippen molar-refractivity contribution < 1.29 is 4.39 Å². The van der Waals surface area contributed by atoms with Crippen LogP contribution in [0.15, 0.2) is 51.8 Å². The van der Waals surface area contributed by atoms with Crippen molar-refractivity contribution in [2.45, 2.75) is 24.8 Å². The first-order valence-corrected chi connectivity index (χ1v) is 8.33. The van der Waals surface area contributed by atoms with Crippen LogP contribution in [0.4, 0.5) is 10.1 Å². The van der Waals surface area contributed by atoms with Crippen LogP contribution in [0, 0.1) is 5.82 Å². The number of halogens is 2. The number of hydrogen-bond donors (Lipinski definition) is 1. The fraction of sp³-hybridized carbons (Fsp3) is 0.250. The average molecular weight is 354 g/mol. The number of nitrogens with one attached hydrogen (secondary N) is 1. The summed E-state index contributed by atoms with van der Waals surface area (Å²) in [5.41, 5.74) is 1.72. The monoisotopic (exact) mass is 353 g/mol. The molecule has 0 aliphatic carbocycles. The summed E-state index contributed by atoms with van der Waals surface area (Å²) in [6.07, 6.45) is 0. The van der Waals surface area contributed by atoms with Gasteiger partial charge in [-0.15, -0.1) is 11.8 Å². The van der Waals surface area contributed by atoms with Crippen LogP contribution in [-0.2, 0) is 0 Å². The van der Waals surface area contributed by atoms with Gasteiger partial charge < -0.3 is 5.32 Å². The molecule has 2 rings (SSSR count). The molecule has 0 bridgehead atoms. The number of thioether (sulfide) groups is 1. The summed E-state index contributed by atoms with van der Waals surface area (Å²) in [6, 6.07) is 13.2. The Kier molecular flexibility index (Phi) is 5.49. The molecule has 0 aliphatic heterocycles. The fourth-order valence-electron chi connectivity index (χ4n) is 2.03. The summed E-state index contributed by atoms with van der Waals surface area (Å²) in [7, 11) is 0. The third-order valence-electron chi connectivity index (χ3n) is 2.99. The van der Waals surface area contributed by atoms with Crippen LogP contribution < -0.4 is 5.32 Å². The molecule has 1 N–H and O–H groups in total. The second kappa shape index (κ2) is 7.14. The van der Waals surface area contributed by atoms with E-state index >= 15 is 0 Å². The van der Waals surface area contributed by atoms with Crippen molar-refractivity contribution in [2.75, 3.05) is 11.1 Å². The Bertz CT molecular complexity index is 588. The Labute approximate surface area is 132 Å². The largest absolute Gasteiger partial charge is 0.378 e.